The van der Waals surface area contributed by atoms with E-state index in [0.29, 0.717) is 17.6 Å². The summed E-state index contributed by atoms with van der Waals surface area (Å²) < 4.78 is 1.00. The Labute approximate surface area is 166 Å². The number of rotatable bonds is 3. The quantitative estimate of drug-likeness (QED) is 0.830. The standard InChI is InChI=1S/C20H23N3O2S2/c24-19(22-16-11-14-3-4-15(16)21-14)13-2-1-12-9-18(27-17(12)10-13)20(25)23-5-7-26-8-6-23/h1-2,9-10,14-16,21H,3-8,11H2,(H,22,24)/t14-,15+,16-/m1/s1. The van der Waals surface area contributed by atoms with Crippen LogP contribution in [0.3, 0.4) is 0 Å². The number of benzene rings is 1. The molecule has 2 aromatic rings. The lowest BCUT2D eigenvalue weighted by Crippen LogP contribution is -2.42. The summed E-state index contributed by atoms with van der Waals surface area (Å²) in [6, 6.07) is 8.96. The smallest absolute Gasteiger partial charge is 0.264 e. The minimum Gasteiger partial charge on any atom is -0.348 e. The van der Waals surface area contributed by atoms with Gasteiger partial charge in [-0.05, 0) is 42.8 Å². The molecule has 2 amide bonds. The number of nitrogens with one attached hydrogen (secondary N) is 2. The summed E-state index contributed by atoms with van der Waals surface area (Å²) in [6.07, 6.45) is 3.41. The summed E-state index contributed by atoms with van der Waals surface area (Å²) in [7, 11) is 0. The van der Waals surface area contributed by atoms with E-state index in [9.17, 15) is 9.59 Å². The summed E-state index contributed by atoms with van der Waals surface area (Å²) >= 11 is 3.39. The molecule has 0 unspecified atom stereocenters. The van der Waals surface area contributed by atoms with Gasteiger partial charge in [-0.15, -0.1) is 11.3 Å². The normalized spacial score (nSPS) is 27.3. The predicted octanol–water partition coefficient (Wildman–Crippen LogP) is 2.71. The van der Waals surface area contributed by atoms with Crippen LogP contribution in [0.15, 0.2) is 24.3 Å². The molecule has 1 aromatic carbocycles. The van der Waals surface area contributed by atoms with Crippen LogP contribution in [0.1, 0.15) is 39.3 Å². The van der Waals surface area contributed by atoms with E-state index in [1.807, 2.05) is 40.9 Å². The van der Waals surface area contributed by atoms with Crippen molar-refractivity contribution in [3.8, 4) is 0 Å². The molecule has 0 spiro atoms. The maximum atomic E-state index is 12.7. The largest absolute Gasteiger partial charge is 0.348 e. The van der Waals surface area contributed by atoms with Crippen molar-refractivity contribution in [2.24, 2.45) is 0 Å². The van der Waals surface area contributed by atoms with Gasteiger partial charge in [0.05, 0.1) is 4.88 Å². The highest BCUT2D eigenvalue weighted by atomic mass is 32.2. The predicted molar refractivity (Wildman–Crippen MR) is 111 cm³/mol. The molecule has 0 aliphatic carbocycles. The van der Waals surface area contributed by atoms with Gasteiger partial charge in [-0.3, -0.25) is 9.59 Å². The molecule has 3 saturated heterocycles. The lowest BCUT2D eigenvalue weighted by molar-refractivity contribution is 0.0777. The fourth-order valence-corrected chi connectivity index (χ4v) is 6.41. The summed E-state index contributed by atoms with van der Waals surface area (Å²) in [5.41, 5.74) is 0.681. The monoisotopic (exact) mass is 401 g/mol. The Morgan fingerprint density at radius 3 is 2.74 bits per heavy atom. The van der Waals surface area contributed by atoms with Crippen molar-refractivity contribution >= 4 is 45.0 Å². The van der Waals surface area contributed by atoms with Crippen LogP contribution in [0.5, 0.6) is 0 Å². The topological polar surface area (TPSA) is 61.4 Å². The van der Waals surface area contributed by atoms with E-state index in [1.54, 1.807) is 0 Å². The average Bonchev–Trinajstić information content (AvgIpc) is 3.42. The number of carbonyl (C=O) groups excluding carboxylic acids is 2. The van der Waals surface area contributed by atoms with Crippen LogP contribution in [0.2, 0.25) is 0 Å². The molecule has 1 aromatic heterocycles. The fraction of sp³-hybridized carbons (Fsp3) is 0.500. The molecule has 2 N–H and O–H groups in total. The molecule has 2 bridgehead atoms. The Morgan fingerprint density at radius 1 is 1.15 bits per heavy atom. The van der Waals surface area contributed by atoms with Crippen LogP contribution < -0.4 is 10.6 Å². The van der Waals surface area contributed by atoms with Gasteiger partial charge < -0.3 is 15.5 Å². The van der Waals surface area contributed by atoms with E-state index in [-0.39, 0.29) is 17.9 Å². The van der Waals surface area contributed by atoms with Crippen molar-refractivity contribution in [1.29, 1.82) is 0 Å². The molecule has 5 rings (SSSR count). The Hall–Kier alpha value is -1.57. The summed E-state index contributed by atoms with van der Waals surface area (Å²) in [5, 5.41) is 7.79. The van der Waals surface area contributed by atoms with Crippen molar-refractivity contribution in [2.45, 2.75) is 37.4 Å². The van der Waals surface area contributed by atoms with Crippen LogP contribution in [-0.4, -0.2) is 59.4 Å². The minimum atomic E-state index is -0.00872. The van der Waals surface area contributed by atoms with Crippen LogP contribution >= 0.6 is 23.1 Å². The first-order chi connectivity index (χ1) is 13.2. The molecule has 3 aliphatic rings. The molecule has 27 heavy (non-hydrogen) atoms. The van der Waals surface area contributed by atoms with Crippen LogP contribution in [0, 0.1) is 0 Å². The second-order valence-corrected chi connectivity index (χ2v) is 9.94. The number of thiophene rings is 1. The van der Waals surface area contributed by atoms with Gasteiger partial charge in [-0.1, -0.05) is 6.07 Å². The van der Waals surface area contributed by atoms with Gasteiger partial charge in [0.15, 0.2) is 0 Å². The van der Waals surface area contributed by atoms with E-state index in [4.69, 9.17) is 0 Å². The first-order valence-electron chi connectivity index (χ1n) is 9.65. The van der Waals surface area contributed by atoms with E-state index in [2.05, 4.69) is 10.6 Å². The van der Waals surface area contributed by atoms with Crippen LogP contribution in [0.4, 0.5) is 0 Å². The Morgan fingerprint density at radius 2 is 2.00 bits per heavy atom. The summed E-state index contributed by atoms with van der Waals surface area (Å²) in [4.78, 5) is 28.1. The molecule has 7 heteroatoms. The highest BCUT2D eigenvalue weighted by Gasteiger charge is 2.39. The lowest BCUT2D eigenvalue weighted by Gasteiger charge is -2.25. The third-order valence-electron chi connectivity index (χ3n) is 5.91. The van der Waals surface area contributed by atoms with Gasteiger partial charge in [0, 0.05) is 53.0 Å². The highest BCUT2D eigenvalue weighted by molar-refractivity contribution is 7.99. The van der Waals surface area contributed by atoms with Gasteiger partial charge in [0.2, 0.25) is 0 Å². The van der Waals surface area contributed by atoms with E-state index in [1.165, 1.54) is 17.8 Å². The molecular formula is C20H23N3O2S2. The number of hydrogen-bond acceptors (Lipinski definition) is 5. The summed E-state index contributed by atoms with van der Waals surface area (Å²) in [6.45, 7) is 1.64. The fourth-order valence-electron chi connectivity index (χ4n) is 4.44. The maximum absolute atomic E-state index is 12.7. The number of nitrogens with zero attached hydrogens (tertiary/aromatic N) is 1. The average molecular weight is 402 g/mol. The molecule has 4 heterocycles. The lowest BCUT2D eigenvalue weighted by atomic mass is 9.95. The first kappa shape index (κ1) is 17.5. The van der Waals surface area contributed by atoms with Crippen LogP contribution in [0.25, 0.3) is 10.1 Å². The Bertz CT molecular complexity index is 890. The van der Waals surface area contributed by atoms with Gasteiger partial charge >= 0.3 is 0 Å². The number of carbonyl (C=O) groups is 2. The van der Waals surface area contributed by atoms with E-state index < -0.39 is 0 Å². The number of fused-ring (bicyclic) bond motifs is 3. The molecule has 0 radical (unpaired) electrons. The highest BCUT2D eigenvalue weighted by Crippen LogP contribution is 2.30. The summed E-state index contributed by atoms with van der Waals surface area (Å²) in [5.74, 6) is 2.14. The molecule has 142 valence electrons. The van der Waals surface area contributed by atoms with Crippen molar-refractivity contribution in [3.05, 3.63) is 34.7 Å². The van der Waals surface area contributed by atoms with E-state index >= 15 is 0 Å². The van der Waals surface area contributed by atoms with Crippen molar-refractivity contribution in [3.63, 3.8) is 0 Å². The SMILES string of the molecule is O=C(N[C@@H]1C[C@H]2CC[C@@H]1N2)c1ccc2cc(C(=O)N3CCSCC3)sc2c1. The van der Waals surface area contributed by atoms with Gasteiger partial charge in [0.25, 0.3) is 11.8 Å². The van der Waals surface area contributed by atoms with E-state index in [0.717, 1.165) is 52.4 Å². The third-order valence-corrected chi connectivity index (χ3v) is 7.94. The second kappa shape index (κ2) is 7.11. The van der Waals surface area contributed by atoms with Crippen LogP contribution in [-0.2, 0) is 0 Å². The molecule has 3 atom stereocenters. The first-order valence-corrected chi connectivity index (χ1v) is 11.6. The zero-order valence-electron chi connectivity index (χ0n) is 15.1. The Balaban J connectivity index is 1.32. The van der Waals surface area contributed by atoms with Crippen molar-refractivity contribution in [1.82, 2.24) is 15.5 Å². The molecule has 3 aliphatic heterocycles. The maximum Gasteiger partial charge on any atom is 0.264 e. The van der Waals surface area contributed by atoms with Crippen molar-refractivity contribution < 1.29 is 9.59 Å². The second-order valence-electron chi connectivity index (χ2n) is 7.63. The van der Waals surface area contributed by atoms with Gasteiger partial charge in [0.1, 0.15) is 0 Å². The number of hydrogen-bond donors (Lipinski definition) is 2. The molecular weight excluding hydrogens is 378 g/mol. The minimum absolute atomic E-state index is 0.00872. The van der Waals surface area contributed by atoms with Gasteiger partial charge in [-0.2, -0.15) is 11.8 Å². The molecule has 0 saturated carbocycles. The third kappa shape index (κ3) is 3.37. The van der Waals surface area contributed by atoms with Gasteiger partial charge in [-0.25, -0.2) is 0 Å². The number of amides is 2. The number of thioether (sulfide) groups is 1. The van der Waals surface area contributed by atoms with Crippen molar-refractivity contribution in [2.75, 3.05) is 24.6 Å². The zero-order valence-corrected chi connectivity index (χ0v) is 16.7. The zero-order chi connectivity index (χ0) is 18.4. The molecule has 5 nitrogen and oxygen atoms in total. The Kier molecular flexibility index (Phi) is 4.61. The molecule has 3 fully saturated rings.